The predicted octanol–water partition coefficient (Wildman–Crippen LogP) is 2.44. The van der Waals surface area contributed by atoms with Gasteiger partial charge in [0.25, 0.3) is 5.56 Å². The standard InChI is InChI=1S/C18H19N3O3/c1-12-6-4-5-7-16(12)20-11-15-13(2)14(10-19)17(22)21(18(15)23)8-9-24-3/h4-7,11,23H,8-9H2,1-3H3. The molecule has 1 aromatic heterocycles. The van der Waals surface area contributed by atoms with Crippen molar-refractivity contribution in [2.24, 2.45) is 4.99 Å². The number of nitrogens with zero attached hydrogens (tertiary/aromatic N) is 3. The monoisotopic (exact) mass is 325 g/mol. The van der Waals surface area contributed by atoms with Gasteiger partial charge in [0.05, 0.1) is 24.4 Å². The van der Waals surface area contributed by atoms with E-state index < -0.39 is 5.56 Å². The van der Waals surface area contributed by atoms with Crippen molar-refractivity contribution in [3.8, 4) is 11.9 Å². The molecule has 0 aliphatic rings. The Morgan fingerprint density at radius 3 is 2.71 bits per heavy atom. The van der Waals surface area contributed by atoms with Crippen LogP contribution in [0, 0.1) is 25.2 Å². The van der Waals surface area contributed by atoms with Crippen molar-refractivity contribution < 1.29 is 9.84 Å². The lowest BCUT2D eigenvalue weighted by atomic mass is 10.1. The molecule has 124 valence electrons. The molecule has 0 aliphatic heterocycles. The van der Waals surface area contributed by atoms with Crippen LogP contribution in [0.2, 0.25) is 0 Å². The van der Waals surface area contributed by atoms with Gasteiger partial charge in [-0.1, -0.05) is 18.2 Å². The van der Waals surface area contributed by atoms with E-state index >= 15 is 0 Å². The predicted molar refractivity (Wildman–Crippen MR) is 92.1 cm³/mol. The highest BCUT2D eigenvalue weighted by atomic mass is 16.5. The van der Waals surface area contributed by atoms with E-state index in [-0.39, 0.29) is 24.6 Å². The van der Waals surface area contributed by atoms with Crippen LogP contribution >= 0.6 is 0 Å². The minimum absolute atomic E-state index is 0.00450. The van der Waals surface area contributed by atoms with Crippen molar-refractivity contribution in [3.05, 3.63) is 56.9 Å². The molecule has 2 aromatic rings. The fraction of sp³-hybridized carbons (Fsp3) is 0.278. The Labute approximate surface area is 140 Å². The Bertz CT molecular complexity index is 876. The van der Waals surface area contributed by atoms with E-state index in [0.29, 0.717) is 11.1 Å². The van der Waals surface area contributed by atoms with Gasteiger partial charge in [-0.2, -0.15) is 5.26 Å². The number of pyridine rings is 1. The number of methoxy groups -OCH3 is 1. The molecule has 1 aromatic carbocycles. The number of para-hydroxylation sites is 1. The Hall–Kier alpha value is -2.91. The lowest BCUT2D eigenvalue weighted by Crippen LogP contribution is -2.26. The summed E-state index contributed by atoms with van der Waals surface area (Å²) in [4.78, 5) is 16.7. The average Bonchev–Trinajstić information content (AvgIpc) is 2.56. The second kappa shape index (κ2) is 7.57. The smallest absolute Gasteiger partial charge is 0.271 e. The fourth-order valence-electron chi connectivity index (χ4n) is 2.36. The second-order valence-corrected chi connectivity index (χ2v) is 5.34. The highest BCUT2D eigenvalue weighted by Crippen LogP contribution is 2.22. The zero-order chi connectivity index (χ0) is 17.7. The summed E-state index contributed by atoms with van der Waals surface area (Å²) in [6, 6.07) is 9.47. The van der Waals surface area contributed by atoms with E-state index in [1.165, 1.54) is 13.3 Å². The molecule has 0 amide bonds. The Morgan fingerprint density at radius 2 is 2.08 bits per heavy atom. The van der Waals surface area contributed by atoms with Crippen molar-refractivity contribution in [1.29, 1.82) is 5.26 Å². The third-order valence-corrected chi connectivity index (χ3v) is 3.81. The van der Waals surface area contributed by atoms with Crippen LogP contribution in [0.3, 0.4) is 0 Å². The minimum atomic E-state index is -0.530. The molecule has 6 nitrogen and oxygen atoms in total. The summed E-state index contributed by atoms with van der Waals surface area (Å²) in [5.41, 5.74) is 1.97. The number of aliphatic imine (C=N–C) groups is 1. The molecule has 0 fully saturated rings. The summed E-state index contributed by atoms with van der Waals surface area (Å²) in [5, 5.41) is 19.7. The van der Waals surface area contributed by atoms with Gasteiger partial charge in [-0.3, -0.25) is 14.4 Å². The number of rotatable bonds is 5. The van der Waals surface area contributed by atoms with Crippen molar-refractivity contribution in [1.82, 2.24) is 4.57 Å². The highest BCUT2D eigenvalue weighted by molar-refractivity contribution is 5.87. The van der Waals surface area contributed by atoms with E-state index in [1.54, 1.807) is 6.92 Å². The number of aromatic hydroxyl groups is 1. The number of nitriles is 1. The molecule has 6 heteroatoms. The first-order valence-electron chi connectivity index (χ1n) is 7.46. The van der Waals surface area contributed by atoms with Gasteiger partial charge >= 0.3 is 0 Å². The van der Waals surface area contributed by atoms with Crippen LogP contribution in [0.5, 0.6) is 5.88 Å². The topological polar surface area (TPSA) is 87.6 Å². The van der Waals surface area contributed by atoms with E-state index in [9.17, 15) is 15.2 Å². The van der Waals surface area contributed by atoms with Gasteiger partial charge in [0, 0.05) is 13.3 Å². The van der Waals surface area contributed by atoms with Crippen molar-refractivity contribution in [3.63, 3.8) is 0 Å². The summed E-state index contributed by atoms with van der Waals surface area (Å²) in [7, 11) is 1.50. The van der Waals surface area contributed by atoms with Gasteiger partial charge in [-0.05, 0) is 31.0 Å². The Balaban J connectivity index is 2.59. The van der Waals surface area contributed by atoms with Crippen LogP contribution in [-0.4, -0.2) is 29.6 Å². The number of aromatic nitrogens is 1. The Kier molecular flexibility index (Phi) is 5.51. The van der Waals surface area contributed by atoms with Gasteiger partial charge in [0.2, 0.25) is 5.88 Å². The van der Waals surface area contributed by atoms with Crippen LogP contribution in [0.1, 0.15) is 22.3 Å². The van der Waals surface area contributed by atoms with Gasteiger partial charge in [0.1, 0.15) is 11.6 Å². The van der Waals surface area contributed by atoms with Crippen molar-refractivity contribution >= 4 is 11.9 Å². The molecule has 0 aliphatic carbocycles. The van der Waals surface area contributed by atoms with E-state index in [4.69, 9.17) is 4.74 Å². The second-order valence-electron chi connectivity index (χ2n) is 5.34. The molecule has 0 radical (unpaired) electrons. The highest BCUT2D eigenvalue weighted by Gasteiger charge is 2.17. The normalized spacial score (nSPS) is 10.9. The number of hydrogen-bond donors (Lipinski definition) is 1. The summed E-state index contributed by atoms with van der Waals surface area (Å²) >= 11 is 0. The minimum Gasteiger partial charge on any atom is -0.494 e. The molecule has 1 heterocycles. The van der Waals surface area contributed by atoms with E-state index in [2.05, 4.69) is 4.99 Å². The van der Waals surface area contributed by atoms with Gasteiger partial charge in [-0.15, -0.1) is 0 Å². The maximum Gasteiger partial charge on any atom is 0.271 e. The molecule has 2 rings (SSSR count). The molecule has 1 N–H and O–H groups in total. The zero-order valence-electron chi connectivity index (χ0n) is 13.9. The largest absolute Gasteiger partial charge is 0.494 e. The van der Waals surface area contributed by atoms with E-state index in [0.717, 1.165) is 15.8 Å². The average molecular weight is 325 g/mol. The lowest BCUT2D eigenvalue weighted by Gasteiger charge is -2.13. The van der Waals surface area contributed by atoms with Crippen LogP contribution in [-0.2, 0) is 11.3 Å². The third kappa shape index (κ3) is 3.36. The van der Waals surface area contributed by atoms with Crippen LogP contribution in [0.25, 0.3) is 0 Å². The SMILES string of the molecule is COCCn1c(O)c(C=Nc2ccccc2C)c(C)c(C#N)c1=O. The first kappa shape index (κ1) is 17.4. The number of aryl methyl sites for hydroxylation is 1. The fourth-order valence-corrected chi connectivity index (χ4v) is 2.36. The molecular weight excluding hydrogens is 306 g/mol. The molecule has 0 saturated carbocycles. The summed E-state index contributed by atoms with van der Waals surface area (Å²) in [6.07, 6.45) is 1.48. The summed E-state index contributed by atoms with van der Waals surface area (Å²) < 4.78 is 6.09. The molecule has 0 unspecified atom stereocenters. The zero-order valence-corrected chi connectivity index (χ0v) is 13.9. The van der Waals surface area contributed by atoms with Crippen molar-refractivity contribution in [2.75, 3.05) is 13.7 Å². The molecule has 0 bridgehead atoms. The van der Waals surface area contributed by atoms with Crippen LogP contribution in [0.15, 0.2) is 34.1 Å². The maximum atomic E-state index is 12.3. The first-order valence-corrected chi connectivity index (χ1v) is 7.46. The Morgan fingerprint density at radius 1 is 1.38 bits per heavy atom. The van der Waals surface area contributed by atoms with E-state index in [1.807, 2.05) is 37.3 Å². The number of ether oxygens (including phenoxy) is 1. The first-order chi connectivity index (χ1) is 11.5. The number of hydrogen-bond acceptors (Lipinski definition) is 5. The van der Waals surface area contributed by atoms with Crippen LogP contribution in [0.4, 0.5) is 5.69 Å². The van der Waals surface area contributed by atoms with Crippen molar-refractivity contribution in [2.45, 2.75) is 20.4 Å². The van der Waals surface area contributed by atoms with Gasteiger partial charge in [0.15, 0.2) is 0 Å². The molecule has 0 spiro atoms. The third-order valence-electron chi connectivity index (χ3n) is 3.81. The molecule has 0 saturated heterocycles. The quantitative estimate of drug-likeness (QED) is 0.855. The molecule has 0 atom stereocenters. The lowest BCUT2D eigenvalue weighted by molar-refractivity contribution is 0.182. The maximum absolute atomic E-state index is 12.3. The molecule has 24 heavy (non-hydrogen) atoms. The van der Waals surface area contributed by atoms with Gasteiger partial charge < -0.3 is 9.84 Å². The molecular formula is C18H19N3O3. The summed E-state index contributed by atoms with van der Waals surface area (Å²) in [6.45, 7) is 3.95. The van der Waals surface area contributed by atoms with Gasteiger partial charge in [-0.25, -0.2) is 0 Å². The summed E-state index contributed by atoms with van der Waals surface area (Å²) in [5.74, 6) is -0.217. The van der Waals surface area contributed by atoms with Crippen LogP contribution < -0.4 is 5.56 Å². The number of benzene rings is 1.